The number of thiophene rings is 2. The van der Waals surface area contributed by atoms with Crippen molar-refractivity contribution in [1.82, 2.24) is 0 Å². The monoisotopic (exact) mass is 168 g/mol. The van der Waals surface area contributed by atoms with Gasteiger partial charge in [-0.05, 0) is 35.7 Å². The van der Waals surface area contributed by atoms with Crippen molar-refractivity contribution in [2.75, 3.05) is 0 Å². The lowest BCUT2D eigenvalue weighted by molar-refractivity contribution is 1.54. The Bertz CT molecular complexity index is 323. The third kappa shape index (κ3) is 0.724. The van der Waals surface area contributed by atoms with E-state index in [0.717, 1.165) is 0 Å². The van der Waals surface area contributed by atoms with Crippen molar-refractivity contribution < 1.29 is 0 Å². The van der Waals surface area contributed by atoms with E-state index >= 15 is 0 Å². The van der Waals surface area contributed by atoms with Gasteiger partial charge in [0.15, 0.2) is 0 Å². The zero-order valence-electron chi connectivity index (χ0n) is 5.97. The summed E-state index contributed by atoms with van der Waals surface area (Å²) in [5, 5.41) is 5.94. The molecule has 2 aromatic rings. The lowest BCUT2D eigenvalue weighted by atomic mass is 10.2. The lowest BCUT2D eigenvalue weighted by Crippen LogP contribution is -1.64. The number of rotatable bonds is 0. The van der Waals surface area contributed by atoms with Crippen molar-refractivity contribution in [2.45, 2.75) is 13.8 Å². The van der Waals surface area contributed by atoms with Crippen LogP contribution in [0.2, 0.25) is 0 Å². The summed E-state index contributed by atoms with van der Waals surface area (Å²) in [6, 6.07) is 0. The Hall–Kier alpha value is -0.340. The Morgan fingerprint density at radius 1 is 1.00 bits per heavy atom. The Kier molecular flexibility index (Phi) is 1.32. The third-order valence-electron chi connectivity index (χ3n) is 1.68. The fourth-order valence-corrected chi connectivity index (χ4v) is 3.37. The minimum absolute atomic E-state index is 1.43. The van der Waals surface area contributed by atoms with Crippen LogP contribution in [0.4, 0.5) is 0 Å². The molecule has 2 heterocycles. The minimum atomic E-state index is 1.43. The van der Waals surface area contributed by atoms with Gasteiger partial charge in [0, 0.05) is 5.39 Å². The third-order valence-corrected chi connectivity index (χ3v) is 4.03. The van der Waals surface area contributed by atoms with Crippen molar-refractivity contribution in [1.29, 1.82) is 0 Å². The molecule has 0 aliphatic rings. The van der Waals surface area contributed by atoms with Gasteiger partial charge in [-0.25, -0.2) is 0 Å². The lowest BCUT2D eigenvalue weighted by Gasteiger charge is -1.84. The average Bonchev–Trinajstić information content (AvgIpc) is 2.40. The minimum Gasteiger partial charge on any atom is -0.133 e. The first-order valence-corrected chi connectivity index (χ1v) is 4.97. The van der Waals surface area contributed by atoms with Gasteiger partial charge in [-0.15, -0.1) is 22.7 Å². The van der Waals surface area contributed by atoms with Gasteiger partial charge in [0.1, 0.15) is 0 Å². The smallest absolute Gasteiger partial charge is 0.0870 e. The molecule has 2 rings (SSSR count). The van der Waals surface area contributed by atoms with Crippen LogP contribution in [-0.2, 0) is 0 Å². The van der Waals surface area contributed by atoms with E-state index in [-0.39, 0.29) is 0 Å². The predicted octanol–water partition coefficient (Wildman–Crippen LogP) is 3.58. The molecule has 0 amide bonds. The molecule has 2 aromatic heterocycles. The van der Waals surface area contributed by atoms with Crippen LogP contribution in [0, 0.1) is 13.8 Å². The second kappa shape index (κ2) is 2.07. The molecule has 0 N–H and O–H groups in total. The van der Waals surface area contributed by atoms with Crippen LogP contribution in [0.15, 0.2) is 10.8 Å². The normalized spacial score (nSPS) is 11.0. The van der Waals surface area contributed by atoms with Crippen LogP contribution in [0.5, 0.6) is 0 Å². The Labute approximate surface area is 68.1 Å². The summed E-state index contributed by atoms with van der Waals surface area (Å²) in [4.78, 5) is 0. The van der Waals surface area contributed by atoms with Gasteiger partial charge >= 0.3 is 0 Å². The van der Waals surface area contributed by atoms with Gasteiger partial charge in [-0.2, -0.15) is 0 Å². The van der Waals surface area contributed by atoms with E-state index in [1.165, 1.54) is 20.5 Å². The molecule has 0 radical (unpaired) electrons. The van der Waals surface area contributed by atoms with Crippen LogP contribution in [-0.4, -0.2) is 0 Å². The molecule has 0 unspecified atom stereocenters. The molecule has 0 saturated carbocycles. The number of aryl methyl sites for hydroxylation is 2. The largest absolute Gasteiger partial charge is 0.133 e. The Morgan fingerprint density at radius 3 is 1.90 bits per heavy atom. The number of hydrogen-bond donors (Lipinski definition) is 0. The second-order valence-corrected chi connectivity index (χ2v) is 4.52. The van der Waals surface area contributed by atoms with E-state index in [2.05, 4.69) is 24.6 Å². The highest BCUT2D eigenvalue weighted by Gasteiger charge is 2.03. The quantitative estimate of drug-likeness (QED) is 0.564. The Balaban J connectivity index is 2.98. The van der Waals surface area contributed by atoms with Gasteiger partial charge < -0.3 is 0 Å². The van der Waals surface area contributed by atoms with Gasteiger partial charge in [0.2, 0.25) is 0 Å². The molecule has 0 saturated heterocycles. The highest BCUT2D eigenvalue weighted by atomic mass is 32.2. The molecular formula is C8H8S2. The van der Waals surface area contributed by atoms with Crippen LogP contribution in [0.1, 0.15) is 11.1 Å². The molecule has 0 aromatic carbocycles. The fourth-order valence-electron chi connectivity index (χ4n) is 1.18. The summed E-state index contributed by atoms with van der Waals surface area (Å²) in [7, 11) is 0. The summed E-state index contributed by atoms with van der Waals surface area (Å²) < 4.78 is 1.47. The van der Waals surface area contributed by atoms with E-state index in [1.54, 1.807) is 0 Å². The first kappa shape index (κ1) is 6.38. The van der Waals surface area contributed by atoms with Crippen molar-refractivity contribution in [3.63, 3.8) is 0 Å². The van der Waals surface area contributed by atoms with Crippen LogP contribution in [0.3, 0.4) is 0 Å². The maximum Gasteiger partial charge on any atom is 0.0870 e. The molecule has 2 heteroatoms. The SMILES string of the molecule is Cc1csc2scc(C)c12. The zero-order valence-corrected chi connectivity index (χ0v) is 7.60. The summed E-state index contributed by atoms with van der Waals surface area (Å²) in [6.07, 6.45) is 0. The zero-order chi connectivity index (χ0) is 7.14. The van der Waals surface area contributed by atoms with Crippen molar-refractivity contribution >= 4 is 32.1 Å². The molecule has 0 bridgehead atoms. The fraction of sp³-hybridized carbons (Fsp3) is 0.250. The molecular weight excluding hydrogens is 160 g/mol. The molecule has 0 atom stereocenters. The average molecular weight is 168 g/mol. The highest BCUT2D eigenvalue weighted by molar-refractivity contribution is 7.37. The van der Waals surface area contributed by atoms with E-state index < -0.39 is 0 Å². The number of hydrogen-bond acceptors (Lipinski definition) is 2. The van der Waals surface area contributed by atoms with Gasteiger partial charge in [0.05, 0.1) is 4.01 Å². The molecule has 0 spiro atoms. The number of fused-ring (bicyclic) bond motifs is 1. The predicted molar refractivity (Wildman–Crippen MR) is 49.2 cm³/mol. The summed E-state index contributed by atoms with van der Waals surface area (Å²) in [6.45, 7) is 4.36. The summed E-state index contributed by atoms with van der Waals surface area (Å²) >= 11 is 3.71. The molecule has 0 aliphatic carbocycles. The maximum atomic E-state index is 2.23. The van der Waals surface area contributed by atoms with Crippen molar-refractivity contribution in [3.05, 3.63) is 21.9 Å². The summed E-state index contributed by atoms with van der Waals surface area (Å²) in [5.74, 6) is 0. The van der Waals surface area contributed by atoms with E-state index in [1.807, 2.05) is 22.7 Å². The van der Waals surface area contributed by atoms with E-state index in [0.29, 0.717) is 0 Å². The molecule has 10 heavy (non-hydrogen) atoms. The Morgan fingerprint density at radius 2 is 1.50 bits per heavy atom. The van der Waals surface area contributed by atoms with Crippen LogP contribution >= 0.6 is 22.7 Å². The topological polar surface area (TPSA) is 0 Å². The molecule has 0 nitrogen and oxygen atoms in total. The standard InChI is InChI=1S/C8H8S2/c1-5-3-9-8-7(5)6(2)4-10-8/h3-4H,1-2H3. The second-order valence-electron chi connectivity index (χ2n) is 2.50. The molecule has 52 valence electrons. The molecule has 0 aliphatic heterocycles. The van der Waals surface area contributed by atoms with Crippen LogP contribution < -0.4 is 0 Å². The van der Waals surface area contributed by atoms with E-state index in [9.17, 15) is 0 Å². The van der Waals surface area contributed by atoms with Gasteiger partial charge in [0.25, 0.3) is 0 Å². The first-order chi connectivity index (χ1) is 4.79. The van der Waals surface area contributed by atoms with Crippen molar-refractivity contribution in [2.24, 2.45) is 0 Å². The van der Waals surface area contributed by atoms with E-state index in [4.69, 9.17) is 0 Å². The highest BCUT2D eigenvalue weighted by Crippen LogP contribution is 2.33. The first-order valence-electron chi connectivity index (χ1n) is 3.21. The van der Waals surface area contributed by atoms with Crippen molar-refractivity contribution in [3.8, 4) is 0 Å². The van der Waals surface area contributed by atoms with Crippen LogP contribution in [0.25, 0.3) is 9.40 Å². The van der Waals surface area contributed by atoms with Gasteiger partial charge in [-0.1, -0.05) is 0 Å². The summed E-state index contributed by atoms with van der Waals surface area (Å²) in [5.41, 5.74) is 2.86. The molecule has 0 fully saturated rings. The van der Waals surface area contributed by atoms with Gasteiger partial charge in [-0.3, -0.25) is 0 Å². The maximum absolute atomic E-state index is 2.23.